The van der Waals surface area contributed by atoms with Crippen LogP contribution >= 0.6 is 0 Å². The van der Waals surface area contributed by atoms with Crippen molar-refractivity contribution in [3.63, 3.8) is 0 Å². The summed E-state index contributed by atoms with van der Waals surface area (Å²) in [6.45, 7) is 5.16. The normalized spacial score (nSPS) is 21.1. The van der Waals surface area contributed by atoms with Crippen LogP contribution in [0, 0.1) is 0 Å². The maximum absolute atomic E-state index is 12.1. The van der Waals surface area contributed by atoms with Gasteiger partial charge in [-0.1, -0.05) is 38.1 Å². The zero-order valence-electron chi connectivity index (χ0n) is 12.8. The molecule has 1 N–H and O–H groups in total. The molecule has 0 aliphatic heterocycles. The summed E-state index contributed by atoms with van der Waals surface area (Å²) in [6.07, 6.45) is -1.78. The highest BCUT2D eigenvalue weighted by atomic mass is 19.4. The minimum atomic E-state index is -4.03. The van der Waals surface area contributed by atoms with E-state index in [1.807, 2.05) is 6.07 Å². The molecule has 1 aliphatic carbocycles. The number of fused-ring (bicyclic) bond motifs is 1. The average Bonchev–Trinajstić information content (AvgIpc) is 2.40. The fourth-order valence-corrected chi connectivity index (χ4v) is 3.15. The Morgan fingerprint density at radius 2 is 1.90 bits per heavy atom. The lowest BCUT2D eigenvalue weighted by atomic mass is 9.71. The molecule has 1 aromatic rings. The molecule has 0 spiro atoms. The topological polar surface area (TPSA) is 12.0 Å². The van der Waals surface area contributed by atoms with Gasteiger partial charge in [-0.15, -0.1) is 0 Å². The van der Waals surface area contributed by atoms with E-state index >= 15 is 0 Å². The van der Waals surface area contributed by atoms with Crippen molar-refractivity contribution in [1.29, 1.82) is 0 Å². The van der Waals surface area contributed by atoms with Crippen LogP contribution in [0.5, 0.6) is 0 Å². The second-order valence-electron chi connectivity index (χ2n) is 6.59. The third-order valence-corrected chi connectivity index (χ3v) is 4.40. The molecule has 1 atom stereocenters. The van der Waals surface area contributed by atoms with Crippen LogP contribution in [0.1, 0.15) is 63.1 Å². The number of nitrogens with one attached hydrogen (secondary N) is 1. The van der Waals surface area contributed by atoms with Gasteiger partial charge in [0.05, 0.1) is 0 Å². The SMILES string of the molecule is CC1(C)CCC(NCCCCC(F)(F)F)c2ccccc21. The quantitative estimate of drug-likeness (QED) is 0.744. The lowest BCUT2D eigenvalue weighted by Gasteiger charge is -2.37. The largest absolute Gasteiger partial charge is 0.389 e. The minimum Gasteiger partial charge on any atom is -0.310 e. The van der Waals surface area contributed by atoms with Gasteiger partial charge < -0.3 is 5.32 Å². The molecule has 4 heteroatoms. The molecule has 1 aliphatic rings. The summed E-state index contributed by atoms with van der Waals surface area (Å²) in [7, 11) is 0. The van der Waals surface area contributed by atoms with E-state index in [1.165, 1.54) is 11.1 Å². The maximum atomic E-state index is 12.1. The Morgan fingerprint density at radius 3 is 2.62 bits per heavy atom. The Balaban J connectivity index is 1.88. The molecule has 0 heterocycles. The molecule has 0 radical (unpaired) electrons. The van der Waals surface area contributed by atoms with Crippen LogP contribution in [0.15, 0.2) is 24.3 Å². The monoisotopic (exact) mass is 299 g/mol. The van der Waals surface area contributed by atoms with Crippen molar-refractivity contribution in [3.05, 3.63) is 35.4 Å². The third-order valence-electron chi connectivity index (χ3n) is 4.40. The summed E-state index contributed by atoms with van der Waals surface area (Å²) in [5.74, 6) is 0. The molecule has 118 valence electrons. The van der Waals surface area contributed by atoms with Gasteiger partial charge in [0.25, 0.3) is 0 Å². The molecule has 0 saturated heterocycles. The van der Waals surface area contributed by atoms with E-state index in [0.717, 1.165) is 12.8 Å². The Bertz CT molecular complexity index is 465. The molecule has 1 aromatic carbocycles. The molecular weight excluding hydrogens is 275 g/mol. The van der Waals surface area contributed by atoms with E-state index in [1.54, 1.807) is 0 Å². The summed E-state index contributed by atoms with van der Waals surface area (Å²) in [5.41, 5.74) is 2.86. The van der Waals surface area contributed by atoms with Crippen molar-refractivity contribution in [2.24, 2.45) is 0 Å². The van der Waals surface area contributed by atoms with Gasteiger partial charge in [0.1, 0.15) is 0 Å². The highest BCUT2D eigenvalue weighted by molar-refractivity contribution is 5.38. The van der Waals surface area contributed by atoms with Crippen LogP contribution in [0.4, 0.5) is 13.2 Å². The first-order chi connectivity index (χ1) is 9.80. The Kier molecular flexibility index (Phi) is 4.97. The fraction of sp³-hybridized carbons (Fsp3) is 0.647. The van der Waals surface area contributed by atoms with E-state index < -0.39 is 12.6 Å². The maximum Gasteiger partial charge on any atom is 0.389 e. The minimum absolute atomic E-state index is 0.186. The van der Waals surface area contributed by atoms with Crippen LogP contribution in [-0.4, -0.2) is 12.7 Å². The molecule has 1 nitrogen and oxygen atoms in total. The summed E-state index contributed by atoms with van der Waals surface area (Å²) >= 11 is 0. The molecule has 0 amide bonds. The van der Waals surface area contributed by atoms with E-state index in [2.05, 4.69) is 37.4 Å². The smallest absolute Gasteiger partial charge is 0.310 e. The van der Waals surface area contributed by atoms with Gasteiger partial charge in [-0.3, -0.25) is 0 Å². The van der Waals surface area contributed by atoms with Crippen molar-refractivity contribution in [2.75, 3.05) is 6.54 Å². The summed E-state index contributed by atoms with van der Waals surface area (Å²) in [5, 5.41) is 3.43. The summed E-state index contributed by atoms with van der Waals surface area (Å²) in [4.78, 5) is 0. The van der Waals surface area contributed by atoms with Gasteiger partial charge >= 0.3 is 6.18 Å². The van der Waals surface area contributed by atoms with Gasteiger partial charge in [0.15, 0.2) is 0 Å². The molecule has 0 saturated carbocycles. The Morgan fingerprint density at radius 1 is 1.19 bits per heavy atom. The highest BCUT2D eigenvalue weighted by Crippen LogP contribution is 2.41. The second-order valence-corrected chi connectivity index (χ2v) is 6.59. The fourth-order valence-electron chi connectivity index (χ4n) is 3.15. The van der Waals surface area contributed by atoms with Crippen molar-refractivity contribution < 1.29 is 13.2 Å². The molecule has 0 aromatic heterocycles. The Hall–Kier alpha value is -1.03. The number of hydrogen-bond donors (Lipinski definition) is 1. The first-order valence-corrected chi connectivity index (χ1v) is 7.69. The van der Waals surface area contributed by atoms with Crippen LogP contribution < -0.4 is 5.32 Å². The lowest BCUT2D eigenvalue weighted by Crippen LogP contribution is -2.33. The average molecular weight is 299 g/mol. The van der Waals surface area contributed by atoms with Gasteiger partial charge in [-0.2, -0.15) is 13.2 Å². The lowest BCUT2D eigenvalue weighted by molar-refractivity contribution is -0.135. The first-order valence-electron chi connectivity index (χ1n) is 7.69. The van der Waals surface area contributed by atoms with Crippen molar-refractivity contribution in [1.82, 2.24) is 5.32 Å². The number of halogens is 3. The zero-order valence-corrected chi connectivity index (χ0v) is 12.8. The Labute approximate surface area is 124 Å². The molecule has 2 rings (SSSR count). The number of unbranched alkanes of at least 4 members (excludes halogenated alkanes) is 1. The number of alkyl halides is 3. The van der Waals surface area contributed by atoms with Crippen molar-refractivity contribution in [3.8, 4) is 0 Å². The van der Waals surface area contributed by atoms with Gasteiger partial charge in [-0.25, -0.2) is 0 Å². The van der Waals surface area contributed by atoms with Crippen LogP contribution in [0.25, 0.3) is 0 Å². The molecule has 1 unspecified atom stereocenters. The molecule has 0 bridgehead atoms. The molecule has 21 heavy (non-hydrogen) atoms. The second kappa shape index (κ2) is 6.39. The predicted octanol–water partition coefficient (Wildman–Crippen LogP) is 5.12. The van der Waals surface area contributed by atoms with E-state index in [0.29, 0.717) is 13.0 Å². The van der Waals surface area contributed by atoms with E-state index in [4.69, 9.17) is 0 Å². The zero-order chi connectivity index (χ0) is 15.5. The molecular formula is C17H24F3N. The predicted molar refractivity (Wildman–Crippen MR) is 79.4 cm³/mol. The van der Waals surface area contributed by atoms with E-state index in [-0.39, 0.29) is 17.9 Å². The van der Waals surface area contributed by atoms with Gasteiger partial charge in [0, 0.05) is 12.5 Å². The highest BCUT2D eigenvalue weighted by Gasteiger charge is 2.32. The third kappa shape index (κ3) is 4.47. The molecule has 0 fully saturated rings. The summed E-state index contributed by atoms with van der Waals surface area (Å²) in [6, 6.07) is 8.70. The van der Waals surface area contributed by atoms with E-state index in [9.17, 15) is 13.2 Å². The standard InChI is InChI=1S/C17H24F3N/c1-16(2)11-9-15(13-7-3-4-8-14(13)16)21-12-6-5-10-17(18,19)20/h3-4,7-8,15,21H,5-6,9-12H2,1-2H3. The van der Waals surface area contributed by atoms with Crippen LogP contribution in [0.2, 0.25) is 0 Å². The van der Waals surface area contributed by atoms with Crippen molar-refractivity contribution >= 4 is 0 Å². The number of hydrogen-bond acceptors (Lipinski definition) is 1. The number of benzene rings is 1. The first kappa shape index (κ1) is 16.3. The number of rotatable bonds is 5. The van der Waals surface area contributed by atoms with Crippen molar-refractivity contribution in [2.45, 2.75) is 63.6 Å². The van der Waals surface area contributed by atoms with Crippen LogP contribution in [0.3, 0.4) is 0 Å². The summed E-state index contributed by atoms with van der Waals surface area (Å²) < 4.78 is 36.3. The van der Waals surface area contributed by atoms with Gasteiger partial charge in [0.2, 0.25) is 0 Å². The van der Waals surface area contributed by atoms with Gasteiger partial charge in [-0.05, 0) is 48.8 Å². The van der Waals surface area contributed by atoms with Crippen LogP contribution in [-0.2, 0) is 5.41 Å².